The highest BCUT2D eigenvalue weighted by molar-refractivity contribution is 7.89. The number of likely N-dealkylation sites (tertiary alicyclic amines) is 2. The van der Waals surface area contributed by atoms with E-state index in [0.29, 0.717) is 18.3 Å². The number of amides is 1. The molecule has 5 rings (SSSR count). The molecule has 0 aliphatic carbocycles. The molecule has 0 aromatic heterocycles. The number of carbonyl (C=O) groups is 2. The van der Waals surface area contributed by atoms with E-state index in [1.807, 2.05) is 73.3 Å². The molecule has 12 heteroatoms. The molecule has 2 N–H and O–H groups in total. The summed E-state index contributed by atoms with van der Waals surface area (Å²) in [7, 11) is -3.63. The van der Waals surface area contributed by atoms with Crippen LogP contribution < -0.4 is 4.72 Å². The number of nitrogens with zero attached hydrogens (tertiary/aromatic N) is 2. The van der Waals surface area contributed by atoms with Crippen LogP contribution in [0.1, 0.15) is 39.5 Å². The van der Waals surface area contributed by atoms with Crippen LogP contribution in [0.4, 0.5) is 13.2 Å². The summed E-state index contributed by atoms with van der Waals surface area (Å²) in [5.41, 5.74) is 3.88. The monoisotopic (exact) mass is 631 g/mol. The Hall–Kier alpha value is -3.74. The average molecular weight is 632 g/mol. The van der Waals surface area contributed by atoms with Gasteiger partial charge in [0.05, 0.1) is 4.90 Å². The first kappa shape index (κ1) is 33.2. The quantitative estimate of drug-likeness (QED) is 0.361. The number of carbonyl (C=O) groups excluding carboxylic acids is 1. The van der Waals surface area contributed by atoms with E-state index in [4.69, 9.17) is 9.90 Å². The number of rotatable bonds is 8. The van der Waals surface area contributed by atoms with Crippen molar-refractivity contribution in [2.45, 2.75) is 37.4 Å². The fourth-order valence-electron chi connectivity index (χ4n) is 5.89. The average Bonchev–Trinajstić information content (AvgIpc) is 3.55. The molecule has 2 aliphatic rings. The van der Waals surface area contributed by atoms with Gasteiger partial charge in [-0.3, -0.25) is 4.79 Å². The number of benzene rings is 3. The van der Waals surface area contributed by atoms with Crippen molar-refractivity contribution >= 4 is 21.9 Å². The summed E-state index contributed by atoms with van der Waals surface area (Å²) in [5, 5.41) is 7.12. The number of hydrogen-bond acceptors (Lipinski definition) is 5. The third-order valence-corrected chi connectivity index (χ3v) is 9.56. The van der Waals surface area contributed by atoms with Crippen LogP contribution in [0.5, 0.6) is 0 Å². The summed E-state index contributed by atoms with van der Waals surface area (Å²) >= 11 is 0. The molecule has 0 radical (unpaired) electrons. The summed E-state index contributed by atoms with van der Waals surface area (Å²) in [6.07, 6.45) is -4.40. The van der Waals surface area contributed by atoms with E-state index >= 15 is 0 Å². The van der Waals surface area contributed by atoms with E-state index in [-0.39, 0.29) is 16.8 Å². The van der Waals surface area contributed by atoms with Gasteiger partial charge < -0.3 is 14.9 Å². The van der Waals surface area contributed by atoms with Crippen LogP contribution in [0.2, 0.25) is 0 Å². The maximum absolute atomic E-state index is 13.3. The zero-order valence-corrected chi connectivity index (χ0v) is 25.3. The third-order valence-electron chi connectivity index (χ3n) is 8.07. The van der Waals surface area contributed by atoms with E-state index < -0.39 is 22.2 Å². The first-order valence-electron chi connectivity index (χ1n) is 14.3. The molecule has 236 valence electrons. The number of aliphatic carboxylic acids is 1. The SMILES string of the molecule is Cc1cccc(C)c1C(=O)N1CC2CN(CCC(NS(=O)(=O)c3ccccc3)c3ccccc3)C[C@H]2C1.O=C(O)C(F)(F)F. The molecule has 44 heavy (non-hydrogen) atoms. The Kier molecular flexibility index (Phi) is 10.5. The van der Waals surface area contributed by atoms with Crippen LogP contribution in [0.25, 0.3) is 0 Å². The normalized spacial score (nSPS) is 19.2. The number of hydrogen-bond donors (Lipinski definition) is 2. The second kappa shape index (κ2) is 13.9. The van der Waals surface area contributed by atoms with Crippen molar-refractivity contribution in [1.29, 1.82) is 0 Å². The number of sulfonamides is 1. The van der Waals surface area contributed by atoms with E-state index in [2.05, 4.69) is 9.62 Å². The fourth-order valence-corrected chi connectivity index (χ4v) is 7.17. The lowest BCUT2D eigenvalue weighted by Crippen LogP contribution is -2.35. The third kappa shape index (κ3) is 8.25. The van der Waals surface area contributed by atoms with Gasteiger partial charge in [-0.05, 0) is 60.9 Å². The predicted octanol–water partition coefficient (Wildman–Crippen LogP) is 5.05. The molecular formula is C32H36F3N3O5S. The number of nitrogens with one attached hydrogen (secondary N) is 1. The molecule has 2 unspecified atom stereocenters. The minimum Gasteiger partial charge on any atom is -0.475 e. The zero-order valence-electron chi connectivity index (χ0n) is 24.5. The Labute approximate surface area is 255 Å². The Balaban J connectivity index is 0.000000566. The number of alkyl halides is 3. The molecule has 3 aromatic carbocycles. The lowest BCUT2D eigenvalue weighted by atomic mass is 10.0. The van der Waals surface area contributed by atoms with Gasteiger partial charge in [0.15, 0.2) is 0 Å². The lowest BCUT2D eigenvalue weighted by Gasteiger charge is -2.25. The van der Waals surface area contributed by atoms with Gasteiger partial charge in [0.1, 0.15) is 0 Å². The molecular weight excluding hydrogens is 595 g/mol. The molecule has 2 saturated heterocycles. The molecule has 0 spiro atoms. The standard InChI is InChI=1S/C30H35N3O3S.C2HF3O2/c1-22-10-9-11-23(2)29(22)30(34)33-20-25-18-32(19-26(25)21-33)17-16-28(24-12-5-3-6-13-24)31-37(35,36)27-14-7-4-8-15-27;3-2(4,5)1(6)7/h3-15,25-26,28,31H,16-21H2,1-2H3;(H,6,7)/t25-,26?,28?;/m0./s1. The Morgan fingerprint density at radius 3 is 1.86 bits per heavy atom. The summed E-state index contributed by atoms with van der Waals surface area (Å²) in [6.45, 7) is 8.27. The van der Waals surface area contributed by atoms with Gasteiger partial charge in [0.25, 0.3) is 5.91 Å². The molecule has 2 heterocycles. The number of halogens is 3. The van der Waals surface area contributed by atoms with E-state index in [9.17, 15) is 26.4 Å². The van der Waals surface area contributed by atoms with Crippen molar-refractivity contribution < 1.29 is 36.3 Å². The van der Waals surface area contributed by atoms with Crippen molar-refractivity contribution in [3.63, 3.8) is 0 Å². The lowest BCUT2D eigenvalue weighted by molar-refractivity contribution is -0.192. The number of fused-ring (bicyclic) bond motifs is 1. The van der Waals surface area contributed by atoms with Gasteiger partial charge in [0, 0.05) is 44.3 Å². The highest BCUT2D eigenvalue weighted by Crippen LogP contribution is 2.33. The van der Waals surface area contributed by atoms with Crippen molar-refractivity contribution in [3.05, 3.63) is 101 Å². The molecule has 2 aliphatic heterocycles. The molecule has 3 aromatic rings. The first-order chi connectivity index (χ1) is 20.8. The second-order valence-electron chi connectivity index (χ2n) is 11.2. The number of carboxylic acid groups (broad SMARTS) is 1. The maximum atomic E-state index is 13.3. The molecule has 0 bridgehead atoms. The minimum absolute atomic E-state index is 0.149. The van der Waals surface area contributed by atoms with Crippen molar-refractivity contribution in [1.82, 2.24) is 14.5 Å². The van der Waals surface area contributed by atoms with Crippen molar-refractivity contribution in [2.24, 2.45) is 11.8 Å². The first-order valence-corrected chi connectivity index (χ1v) is 15.7. The van der Waals surface area contributed by atoms with Crippen LogP contribution >= 0.6 is 0 Å². The Morgan fingerprint density at radius 1 is 0.864 bits per heavy atom. The van der Waals surface area contributed by atoms with Crippen LogP contribution in [0.15, 0.2) is 83.8 Å². The van der Waals surface area contributed by atoms with E-state index in [1.54, 1.807) is 24.3 Å². The minimum atomic E-state index is -5.08. The van der Waals surface area contributed by atoms with Gasteiger partial charge in [-0.1, -0.05) is 66.7 Å². The Morgan fingerprint density at radius 2 is 1.36 bits per heavy atom. The van der Waals surface area contributed by atoms with Gasteiger partial charge in [-0.15, -0.1) is 0 Å². The molecule has 2 fully saturated rings. The van der Waals surface area contributed by atoms with Gasteiger partial charge in [-0.2, -0.15) is 13.2 Å². The maximum Gasteiger partial charge on any atom is 0.490 e. The van der Waals surface area contributed by atoms with Crippen LogP contribution in [-0.4, -0.2) is 74.1 Å². The highest BCUT2D eigenvalue weighted by Gasteiger charge is 2.42. The van der Waals surface area contributed by atoms with Crippen LogP contribution in [0, 0.1) is 25.7 Å². The van der Waals surface area contributed by atoms with Gasteiger partial charge >= 0.3 is 12.1 Å². The molecule has 3 atom stereocenters. The highest BCUT2D eigenvalue weighted by atomic mass is 32.2. The largest absolute Gasteiger partial charge is 0.490 e. The molecule has 1 amide bonds. The van der Waals surface area contributed by atoms with Gasteiger partial charge in [0.2, 0.25) is 10.0 Å². The van der Waals surface area contributed by atoms with E-state index in [1.165, 1.54) is 0 Å². The smallest absolute Gasteiger partial charge is 0.475 e. The van der Waals surface area contributed by atoms with Crippen LogP contribution in [0.3, 0.4) is 0 Å². The van der Waals surface area contributed by atoms with Crippen molar-refractivity contribution in [3.8, 4) is 0 Å². The Bertz CT molecular complexity index is 1520. The molecule has 0 saturated carbocycles. The van der Waals surface area contributed by atoms with Gasteiger partial charge in [-0.25, -0.2) is 17.9 Å². The second-order valence-corrected chi connectivity index (χ2v) is 13.0. The summed E-state index contributed by atoms with van der Waals surface area (Å²) < 4.78 is 60.8. The fraction of sp³-hybridized carbons (Fsp3) is 0.375. The van der Waals surface area contributed by atoms with Crippen molar-refractivity contribution in [2.75, 3.05) is 32.7 Å². The summed E-state index contributed by atoms with van der Waals surface area (Å²) in [5.74, 6) is -1.68. The predicted molar refractivity (Wildman–Crippen MR) is 159 cm³/mol. The summed E-state index contributed by atoms with van der Waals surface area (Å²) in [4.78, 5) is 26.9. The number of aryl methyl sites for hydroxylation is 2. The summed E-state index contributed by atoms with van der Waals surface area (Å²) in [6, 6.07) is 24.0. The number of carboxylic acids is 1. The molecule has 8 nitrogen and oxygen atoms in total. The zero-order chi connectivity index (χ0) is 32.1. The van der Waals surface area contributed by atoms with Crippen LogP contribution in [-0.2, 0) is 14.8 Å². The topological polar surface area (TPSA) is 107 Å². The van der Waals surface area contributed by atoms with E-state index in [0.717, 1.165) is 55.0 Å².